The Bertz CT molecular complexity index is 1110. The van der Waals surface area contributed by atoms with Crippen molar-refractivity contribution in [2.45, 2.75) is 12.5 Å². The van der Waals surface area contributed by atoms with Crippen LogP contribution in [0.2, 0.25) is 0 Å². The van der Waals surface area contributed by atoms with Crippen molar-refractivity contribution in [3.63, 3.8) is 0 Å². The molecule has 1 aliphatic heterocycles. The van der Waals surface area contributed by atoms with E-state index in [9.17, 15) is 19.9 Å². The molecule has 0 saturated carbocycles. The molecule has 0 amide bonds. The quantitative estimate of drug-likeness (QED) is 0.689. The smallest absolute Gasteiger partial charge is 0.203 e. The molecular formula is C19H16FN3O4. The van der Waals surface area contributed by atoms with Gasteiger partial charge in [-0.05, 0) is 31.2 Å². The lowest BCUT2D eigenvalue weighted by Crippen LogP contribution is -2.49. The van der Waals surface area contributed by atoms with E-state index in [1.165, 1.54) is 13.2 Å². The third-order valence-corrected chi connectivity index (χ3v) is 4.79. The van der Waals surface area contributed by atoms with Crippen LogP contribution in [0.5, 0.6) is 17.2 Å². The van der Waals surface area contributed by atoms with Gasteiger partial charge in [-0.15, -0.1) is 0 Å². The molecule has 0 aliphatic carbocycles. The first kappa shape index (κ1) is 17.1. The molecule has 0 unspecified atom stereocenters. The zero-order valence-electron chi connectivity index (χ0n) is 14.7. The number of halogens is 1. The predicted molar refractivity (Wildman–Crippen MR) is 94.2 cm³/mol. The average molecular weight is 369 g/mol. The van der Waals surface area contributed by atoms with Crippen molar-refractivity contribution in [2.24, 2.45) is 0 Å². The summed E-state index contributed by atoms with van der Waals surface area (Å²) in [5.74, 6) is -2.41. The number of hydrogen-bond donors (Lipinski definition) is 2. The number of hydrogen-bond acceptors (Lipinski definition) is 6. The number of imidazole rings is 1. The number of nitriles is 1. The highest BCUT2D eigenvalue weighted by atomic mass is 19.1. The van der Waals surface area contributed by atoms with Crippen LogP contribution < -0.4 is 4.74 Å². The van der Waals surface area contributed by atoms with E-state index < -0.39 is 22.9 Å². The van der Waals surface area contributed by atoms with E-state index >= 15 is 0 Å². The highest BCUT2D eigenvalue weighted by molar-refractivity contribution is 5.83. The summed E-state index contributed by atoms with van der Waals surface area (Å²) in [6, 6.07) is 8.38. The largest absolute Gasteiger partial charge is 0.502 e. The first-order chi connectivity index (χ1) is 12.9. The molecule has 1 aliphatic rings. The molecule has 1 fully saturated rings. The van der Waals surface area contributed by atoms with Gasteiger partial charge < -0.3 is 24.3 Å². The molecule has 2 heterocycles. The number of rotatable bonds is 3. The monoisotopic (exact) mass is 369 g/mol. The molecule has 138 valence electrons. The summed E-state index contributed by atoms with van der Waals surface area (Å²) >= 11 is 0. The van der Waals surface area contributed by atoms with Crippen LogP contribution >= 0.6 is 0 Å². The van der Waals surface area contributed by atoms with Crippen molar-refractivity contribution < 1.29 is 24.1 Å². The second-order valence-electron chi connectivity index (χ2n) is 6.71. The average Bonchev–Trinajstić information content (AvgIpc) is 3.03. The Morgan fingerprint density at radius 3 is 2.63 bits per heavy atom. The van der Waals surface area contributed by atoms with Crippen molar-refractivity contribution in [1.29, 1.82) is 5.26 Å². The van der Waals surface area contributed by atoms with Crippen LogP contribution in [-0.2, 0) is 10.3 Å². The number of nitrogens with zero attached hydrogens (tertiary/aromatic N) is 3. The van der Waals surface area contributed by atoms with Gasteiger partial charge in [0.05, 0.1) is 54.1 Å². The van der Waals surface area contributed by atoms with E-state index in [2.05, 4.69) is 11.1 Å². The molecule has 0 spiro atoms. The summed E-state index contributed by atoms with van der Waals surface area (Å²) in [6.07, 6.45) is 0. The van der Waals surface area contributed by atoms with Crippen LogP contribution in [0.25, 0.3) is 22.4 Å². The second-order valence-corrected chi connectivity index (χ2v) is 6.71. The number of ether oxygens (including phenoxy) is 2. The van der Waals surface area contributed by atoms with Gasteiger partial charge in [-0.1, -0.05) is 0 Å². The topological polar surface area (TPSA) is 101 Å². The van der Waals surface area contributed by atoms with Gasteiger partial charge in [0.2, 0.25) is 5.75 Å². The summed E-state index contributed by atoms with van der Waals surface area (Å²) in [6.45, 7) is 2.73. The first-order valence-corrected chi connectivity index (χ1v) is 8.19. The van der Waals surface area contributed by atoms with Crippen LogP contribution in [0.3, 0.4) is 0 Å². The Morgan fingerprint density at radius 1 is 1.30 bits per heavy atom. The molecule has 8 heteroatoms. The van der Waals surface area contributed by atoms with Gasteiger partial charge in [0.25, 0.3) is 0 Å². The summed E-state index contributed by atoms with van der Waals surface area (Å²) in [5, 5.41) is 29.0. The Kier molecular flexibility index (Phi) is 3.71. The number of phenols is 2. The van der Waals surface area contributed by atoms with Gasteiger partial charge in [0, 0.05) is 0 Å². The van der Waals surface area contributed by atoms with E-state index in [0.717, 1.165) is 0 Å². The number of aromatic nitrogens is 2. The van der Waals surface area contributed by atoms with Crippen molar-refractivity contribution in [1.82, 2.24) is 9.55 Å². The fourth-order valence-electron chi connectivity index (χ4n) is 3.33. The number of fused-ring (bicyclic) bond motifs is 1. The van der Waals surface area contributed by atoms with Crippen molar-refractivity contribution in [3.05, 3.63) is 35.6 Å². The minimum absolute atomic E-state index is 0.0232. The van der Waals surface area contributed by atoms with E-state index in [-0.39, 0.29) is 17.1 Å². The fraction of sp³-hybridized carbons (Fsp3) is 0.263. The minimum atomic E-state index is -1.01. The Hall–Kier alpha value is -3.31. The van der Waals surface area contributed by atoms with Crippen molar-refractivity contribution >= 4 is 11.0 Å². The summed E-state index contributed by atoms with van der Waals surface area (Å²) < 4.78 is 27.0. The molecule has 0 radical (unpaired) electrons. The molecule has 1 saturated heterocycles. The summed E-state index contributed by atoms with van der Waals surface area (Å²) in [5.41, 5.74) is 1.16. The Labute approximate surface area is 153 Å². The molecule has 2 N–H and O–H groups in total. The molecular weight excluding hydrogens is 353 g/mol. The van der Waals surface area contributed by atoms with Crippen molar-refractivity contribution in [3.8, 4) is 34.7 Å². The van der Waals surface area contributed by atoms with Gasteiger partial charge in [-0.2, -0.15) is 5.26 Å². The molecule has 3 aromatic rings. The SMILES string of the molecule is COc1cc(-c2nc3ccc(C#N)cc3n2C2(C)COC2)c(F)c(O)c1O. The minimum Gasteiger partial charge on any atom is -0.502 e. The lowest BCUT2D eigenvalue weighted by atomic mass is 9.98. The zero-order chi connectivity index (χ0) is 19.3. The van der Waals surface area contributed by atoms with E-state index in [0.29, 0.717) is 29.8 Å². The van der Waals surface area contributed by atoms with Gasteiger partial charge in [0.1, 0.15) is 5.82 Å². The summed E-state index contributed by atoms with van der Waals surface area (Å²) in [4.78, 5) is 4.52. The molecule has 0 atom stereocenters. The van der Waals surface area contributed by atoms with Crippen LogP contribution in [0.4, 0.5) is 4.39 Å². The molecule has 7 nitrogen and oxygen atoms in total. The maximum Gasteiger partial charge on any atom is 0.203 e. The molecule has 2 aromatic carbocycles. The van der Waals surface area contributed by atoms with Crippen LogP contribution in [0, 0.1) is 17.1 Å². The number of benzene rings is 2. The molecule has 27 heavy (non-hydrogen) atoms. The van der Waals surface area contributed by atoms with Crippen LogP contribution in [0.15, 0.2) is 24.3 Å². The molecule has 4 rings (SSSR count). The lowest BCUT2D eigenvalue weighted by molar-refractivity contribution is -0.0868. The maximum atomic E-state index is 14.8. The van der Waals surface area contributed by atoms with Gasteiger partial charge in [0.15, 0.2) is 17.3 Å². The van der Waals surface area contributed by atoms with Gasteiger partial charge in [-0.25, -0.2) is 9.37 Å². The van der Waals surface area contributed by atoms with E-state index in [1.54, 1.807) is 22.8 Å². The fourth-order valence-corrected chi connectivity index (χ4v) is 3.33. The number of aromatic hydroxyl groups is 2. The lowest BCUT2D eigenvalue weighted by Gasteiger charge is -2.40. The standard InChI is InChI=1S/C19H16FN3O4/c1-19(8-27-9-19)23-13-5-10(7-21)3-4-12(13)22-18(23)11-6-14(26-2)16(24)17(25)15(11)20/h3-6,24-25H,8-9H2,1-2H3. The highest BCUT2D eigenvalue weighted by Gasteiger charge is 2.39. The molecule has 0 bridgehead atoms. The Morgan fingerprint density at radius 2 is 2.04 bits per heavy atom. The number of methoxy groups -OCH3 is 1. The normalized spacial score (nSPS) is 15.3. The highest BCUT2D eigenvalue weighted by Crippen LogP contribution is 2.44. The third-order valence-electron chi connectivity index (χ3n) is 4.79. The van der Waals surface area contributed by atoms with E-state index in [1.807, 2.05) is 6.92 Å². The predicted octanol–water partition coefficient (Wildman–Crippen LogP) is 2.88. The molecule has 1 aromatic heterocycles. The van der Waals surface area contributed by atoms with Crippen molar-refractivity contribution in [2.75, 3.05) is 20.3 Å². The van der Waals surface area contributed by atoms with Gasteiger partial charge >= 0.3 is 0 Å². The second kappa shape index (κ2) is 5.86. The summed E-state index contributed by atoms with van der Waals surface area (Å²) in [7, 11) is 1.30. The Balaban J connectivity index is 2.07. The maximum absolute atomic E-state index is 14.8. The van der Waals surface area contributed by atoms with E-state index in [4.69, 9.17) is 9.47 Å². The third kappa shape index (κ3) is 2.39. The zero-order valence-corrected chi connectivity index (χ0v) is 14.7. The first-order valence-electron chi connectivity index (χ1n) is 8.19. The van der Waals surface area contributed by atoms with Crippen LogP contribution in [-0.4, -0.2) is 40.1 Å². The van der Waals surface area contributed by atoms with Gasteiger partial charge in [-0.3, -0.25) is 0 Å². The van der Waals surface area contributed by atoms with Crippen LogP contribution in [0.1, 0.15) is 12.5 Å². The number of phenolic OH excluding ortho intramolecular Hbond substituents is 2.